The third-order valence-corrected chi connectivity index (χ3v) is 4.79. The molecule has 1 amide bonds. The molecule has 140 valence electrons. The number of hydrogen-bond acceptors (Lipinski definition) is 5. The van der Waals surface area contributed by atoms with Gasteiger partial charge in [-0.15, -0.1) is 11.8 Å². The van der Waals surface area contributed by atoms with Crippen LogP contribution in [-0.2, 0) is 9.53 Å². The van der Waals surface area contributed by atoms with Crippen LogP contribution in [0.3, 0.4) is 0 Å². The highest BCUT2D eigenvalue weighted by Gasteiger charge is 2.19. The zero-order chi connectivity index (χ0) is 19.6. The Labute approximate surface area is 167 Å². The quantitative estimate of drug-likeness (QED) is 0.478. The maximum atomic E-state index is 12.6. The number of amides is 1. The lowest BCUT2D eigenvalue weighted by Crippen LogP contribution is -2.35. The predicted molar refractivity (Wildman–Crippen MR) is 107 cm³/mol. The molecule has 2 aromatic rings. The van der Waals surface area contributed by atoms with Crippen LogP contribution < -0.4 is 4.90 Å². The number of thioether (sulfide) groups is 1. The van der Waals surface area contributed by atoms with Gasteiger partial charge < -0.3 is 9.64 Å². The van der Waals surface area contributed by atoms with E-state index in [4.69, 9.17) is 21.6 Å². The summed E-state index contributed by atoms with van der Waals surface area (Å²) in [6.07, 6.45) is 0.155. The lowest BCUT2D eigenvalue weighted by atomic mass is 10.2. The van der Waals surface area contributed by atoms with Crippen LogP contribution in [-0.4, -0.2) is 30.8 Å². The summed E-state index contributed by atoms with van der Waals surface area (Å²) in [6, 6.07) is 15.9. The molecule has 0 aliphatic rings. The van der Waals surface area contributed by atoms with Crippen molar-refractivity contribution in [2.75, 3.05) is 23.8 Å². The third kappa shape index (κ3) is 6.02. The molecule has 7 heteroatoms. The van der Waals surface area contributed by atoms with E-state index in [1.165, 1.54) is 16.7 Å². The van der Waals surface area contributed by atoms with Gasteiger partial charge in [-0.3, -0.25) is 4.79 Å². The second kappa shape index (κ2) is 10.6. The average molecular weight is 403 g/mol. The molecular weight excluding hydrogens is 384 g/mol. The minimum Gasteiger partial charge on any atom is -0.452 e. The molecule has 0 atom stereocenters. The topological polar surface area (TPSA) is 70.4 Å². The van der Waals surface area contributed by atoms with E-state index in [1.54, 1.807) is 36.4 Å². The SMILES string of the molecule is CCSc1ccccc1C(=O)OCC(=O)N(CCC#N)c1cccc(Cl)c1. The number of rotatable bonds is 8. The van der Waals surface area contributed by atoms with E-state index in [-0.39, 0.29) is 13.0 Å². The van der Waals surface area contributed by atoms with E-state index in [0.29, 0.717) is 16.3 Å². The van der Waals surface area contributed by atoms with E-state index in [1.807, 2.05) is 25.1 Å². The number of anilines is 1. The zero-order valence-electron chi connectivity index (χ0n) is 14.9. The Morgan fingerprint density at radius 1 is 1.22 bits per heavy atom. The van der Waals surface area contributed by atoms with Crippen molar-refractivity contribution in [3.05, 3.63) is 59.1 Å². The zero-order valence-corrected chi connectivity index (χ0v) is 16.4. The van der Waals surface area contributed by atoms with Crippen LogP contribution in [0.25, 0.3) is 0 Å². The summed E-state index contributed by atoms with van der Waals surface area (Å²) in [5, 5.41) is 9.32. The number of esters is 1. The van der Waals surface area contributed by atoms with Gasteiger partial charge in [0.25, 0.3) is 5.91 Å². The summed E-state index contributed by atoms with van der Waals surface area (Å²) in [5.41, 5.74) is 0.990. The van der Waals surface area contributed by atoms with Crippen LogP contribution in [0, 0.1) is 11.3 Å². The lowest BCUT2D eigenvalue weighted by molar-refractivity contribution is -0.121. The Morgan fingerprint density at radius 2 is 2.00 bits per heavy atom. The Morgan fingerprint density at radius 3 is 2.70 bits per heavy atom. The van der Waals surface area contributed by atoms with Crippen molar-refractivity contribution in [3.8, 4) is 6.07 Å². The predicted octanol–water partition coefficient (Wildman–Crippen LogP) is 4.56. The Kier molecular flexibility index (Phi) is 8.18. The number of ether oxygens (including phenoxy) is 1. The summed E-state index contributed by atoms with van der Waals surface area (Å²) in [6.45, 7) is 1.77. The van der Waals surface area contributed by atoms with Gasteiger partial charge in [-0.1, -0.05) is 36.7 Å². The van der Waals surface area contributed by atoms with E-state index in [9.17, 15) is 9.59 Å². The fourth-order valence-electron chi connectivity index (χ4n) is 2.40. The normalized spacial score (nSPS) is 10.1. The minimum absolute atomic E-state index is 0.155. The molecule has 0 spiro atoms. The van der Waals surface area contributed by atoms with E-state index in [2.05, 4.69) is 0 Å². The first-order valence-corrected chi connectivity index (χ1v) is 9.75. The van der Waals surface area contributed by atoms with Gasteiger partial charge in [0.05, 0.1) is 18.1 Å². The molecule has 0 unspecified atom stereocenters. The van der Waals surface area contributed by atoms with Crippen LogP contribution in [0.4, 0.5) is 5.69 Å². The number of benzene rings is 2. The van der Waals surface area contributed by atoms with Crippen LogP contribution in [0.2, 0.25) is 5.02 Å². The average Bonchev–Trinajstić information content (AvgIpc) is 2.67. The molecule has 0 heterocycles. The largest absolute Gasteiger partial charge is 0.452 e. The molecule has 0 aliphatic heterocycles. The summed E-state index contributed by atoms with van der Waals surface area (Å²) < 4.78 is 5.23. The number of halogens is 1. The maximum Gasteiger partial charge on any atom is 0.339 e. The Balaban J connectivity index is 2.09. The van der Waals surface area contributed by atoms with Crippen molar-refractivity contribution in [1.29, 1.82) is 5.26 Å². The van der Waals surface area contributed by atoms with Crippen LogP contribution in [0.1, 0.15) is 23.7 Å². The van der Waals surface area contributed by atoms with Gasteiger partial charge in [0.1, 0.15) is 0 Å². The second-order valence-electron chi connectivity index (χ2n) is 5.44. The van der Waals surface area contributed by atoms with Crippen molar-refractivity contribution < 1.29 is 14.3 Å². The molecule has 0 aromatic heterocycles. The molecule has 0 fully saturated rings. The van der Waals surface area contributed by atoms with E-state index >= 15 is 0 Å². The van der Waals surface area contributed by atoms with Gasteiger partial charge in [0.15, 0.2) is 6.61 Å². The molecule has 0 aliphatic carbocycles. The molecule has 0 saturated carbocycles. The first kappa shape index (κ1) is 20.8. The first-order valence-electron chi connectivity index (χ1n) is 8.38. The van der Waals surface area contributed by atoms with Gasteiger partial charge in [-0.2, -0.15) is 5.26 Å². The Hall–Kier alpha value is -2.49. The smallest absolute Gasteiger partial charge is 0.339 e. The molecule has 0 bridgehead atoms. The van der Waals surface area contributed by atoms with Gasteiger partial charge in [0, 0.05) is 22.2 Å². The highest BCUT2D eigenvalue weighted by Crippen LogP contribution is 2.23. The van der Waals surface area contributed by atoms with Gasteiger partial charge in [0.2, 0.25) is 0 Å². The van der Waals surface area contributed by atoms with E-state index < -0.39 is 18.5 Å². The molecular formula is C20H19ClN2O3S. The van der Waals surface area contributed by atoms with Crippen LogP contribution >= 0.6 is 23.4 Å². The second-order valence-corrected chi connectivity index (χ2v) is 7.18. The molecule has 2 aromatic carbocycles. The molecule has 5 nitrogen and oxygen atoms in total. The maximum absolute atomic E-state index is 12.6. The Bertz CT molecular complexity index is 851. The van der Waals surface area contributed by atoms with Crippen LogP contribution in [0.5, 0.6) is 0 Å². The molecule has 0 radical (unpaired) electrons. The number of nitrogens with zero attached hydrogens (tertiary/aromatic N) is 2. The lowest BCUT2D eigenvalue weighted by Gasteiger charge is -2.22. The van der Waals surface area contributed by atoms with Crippen molar-refractivity contribution in [1.82, 2.24) is 0 Å². The van der Waals surface area contributed by atoms with Crippen molar-refractivity contribution in [3.63, 3.8) is 0 Å². The third-order valence-electron chi connectivity index (χ3n) is 3.60. The highest BCUT2D eigenvalue weighted by molar-refractivity contribution is 7.99. The molecule has 0 saturated heterocycles. The first-order chi connectivity index (χ1) is 13.1. The molecule has 2 rings (SSSR count). The summed E-state index contributed by atoms with van der Waals surface area (Å²) in [4.78, 5) is 27.2. The number of nitriles is 1. The van der Waals surface area contributed by atoms with E-state index in [0.717, 1.165) is 10.6 Å². The number of carbonyl (C=O) groups is 2. The monoisotopic (exact) mass is 402 g/mol. The van der Waals surface area contributed by atoms with Gasteiger partial charge in [-0.25, -0.2) is 4.79 Å². The van der Waals surface area contributed by atoms with Gasteiger partial charge >= 0.3 is 5.97 Å². The number of hydrogen-bond donors (Lipinski definition) is 0. The van der Waals surface area contributed by atoms with Crippen LogP contribution in [0.15, 0.2) is 53.4 Å². The molecule has 27 heavy (non-hydrogen) atoms. The standard InChI is InChI=1S/C20H19ClN2O3S/c1-2-27-18-10-4-3-9-17(18)20(25)26-14-19(24)23(12-6-11-22)16-8-5-7-15(21)13-16/h3-5,7-10,13H,2,6,12,14H2,1H3. The highest BCUT2D eigenvalue weighted by atomic mass is 35.5. The summed E-state index contributed by atoms with van der Waals surface area (Å²) in [7, 11) is 0. The minimum atomic E-state index is -0.550. The van der Waals surface area contributed by atoms with Crippen molar-refractivity contribution in [2.24, 2.45) is 0 Å². The number of carbonyl (C=O) groups excluding carboxylic acids is 2. The van der Waals surface area contributed by atoms with Crippen molar-refractivity contribution in [2.45, 2.75) is 18.2 Å². The van der Waals surface area contributed by atoms with Crippen molar-refractivity contribution >= 4 is 40.9 Å². The van der Waals surface area contributed by atoms with Gasteiger partial charge in [-0.05, 0) is 36.1 Å². The fourth-order valence-corrected chi connectivity index (χ4v) is 3.38. The summed E-state index contributed by atoms with van der Waals surface area (Å²) >= 11 is 7.53. The summed E-state index contributed by atoms with van der Waals surface area (Å²) in [5.74, 6) is -0.146. The molecule has 0 N–H and O–H groups in total. The fraction of sp³-hybridized carbons (Fsp3) is 0.250.